The van der Waals surface area contributed by atoms with Gasteiger partial charge in [-0.15, -0.1) is 0 Å². The summed E-state index contributed by atoms with van der Waals surface area (Å²) in [5.41, 5.74) is 0.404. The molecule has 15 heavy (non-hydrogen) atoms. The summed E-state index contributed by atoms with van der Waals surface area (Å²) in [4.78, 5) is 4.16. The van der Waals surface area contributed by atoms with Crippen LogP contribution in [0, 0.1) is 0 Å². The van der Waals surface area contributed by atoms with Crippen LogP contribution in [0.4, 0.5) is 0 Å². The summed E-state index contributed by atoms with van der Waals surface area (Å²) in [5, 5.41) is 11.2. The third-order valence-electron chi connectivity index (χ3n) is 2.30. The molecule has 0 amide bonds. The number of rotatable bonds is 3. The lowest BCUT2D eigenvalue weighted by molar-refractivity contribution is 0.254. The van der Waals surface area contributed by atoms with E-state index in [-0.39, 0.29) is 5.73 Å². The van der Waals surface area contributed by atoms with Gasteiger partial charge in [0.25, 0.3) is 0 Å². The van der Waals surface area contributed by atoms with Gasteiger partial charge in [-0.05, 0) is 12.1 Å². The number of hydrogen-bond acceptors (Lipinski definition) is 2. The molecule has 1 N–H and O–H groups in total. The number of aliphatic hydroxyl groups is 1. The van der Waals surface area contributed by atoms with Gasteiger partial charge >= 0.3 is 0 Å². The molecule has 1 unspecified atom stereocenters. The second kappa shape index (κ2) is 4.86. The Hall–Kier alpha value is -1.45. The number of benzene rings is 1. The highest BCUT2D eigenvalue weighted by Crippen LogP contribution is 2.06. The average molecular weight is 215 g/mol. The van der Waals surface area contributed by atoms with Crippen molar-refractivity contribution in [2.75, 3.05) is 0 Å². The molecule has 1 atom stereocenters. The molecule has 2 aromatic rings. The van der Waals surface area contributed by atoms with Crippen LogP contribution in [0.15, 0.2) is 54.7 Å². The van der Waals surface area contributed by atoms with Crippen LogP contribution in [-0.4, -0.2) is 19.6 Å². The predicted molar refractivity (Wildman–Crippen MR) is 63.8 cm³/mol. The molecule has 0 aliphatic carbocycles. The average Bonchev–Trinajstić information content (AvgIpc) is 2.31. The first-order chi connectivity index (χ1) is 7.36. The molecule has 0 fully saturated rings. The molecule has 2 nitrogen and oxygen atoms in total. The van der Waals surface area contributed by atoms with Crippen molar-refractivity contribution in [1.82, 2.24) is 4.98 Å². The van der Waals surface area contributed by atoms with Crippen molar-refractivity contribution in [3.63, 3.8) is 0 Å². The van der Waals surface area contributed by atoms with Gasteiger partial charge in [-0.1, -0.05) is 41.6 Å². The van der Waals surface area contributed by atoms with E-state index >= 15 is 0 Å². The van der Waals surface area contributed by atoms with Crippen molar-refractivity contribution in [1.29, 1.82) is 0 Å². The van der Waals surface area contributed by atoms with Crippen LogP contribution in [0.3, 0.4) is 0 Å². The van der Waals surface area contributed by atoms with E-state index in [1.165, 1.54) is 5.19 Å². The van der Waals surface area contributed by atoms with Crippen LogP contribution < -0.4 is 5.19 Å². The summed E-state index contributed by atoms with van der Waals surface area (Å²) in [7, 11) is -0.692. The number of nitrogens with zero attached hydrogens (tertiary/aromatic N) is 1. The molecule has 0 aliphatic heterocycles. The van der Waals surface area contributed by atoms with Crippen LogP contribution in [0.25, 0.3) is 0 Å². The van der Waals surface area contributed by atoms with Crippen LogP contribution >= 0.6 is 0 Å². The third kappa shape index (κ3) is 2.75. The second-order valence-electron chi connectivity index (χ2n) is 3.46. The van der Waals surface area contributed by atoms with Crippen LogP contribution in [0.2, 0.25) is 0 Å². The van der Waals surface area contributed by atoms with Crippen molar-refractivity contribution in [2.45, 2.75) is 5.73 Å². The first kappa shape index (κ1) is 10.1. The molecule has 1 aromatic carbocycles. The topological polar surface area (TPSA) is 33.1 Å². The van der Waals surface area contributed by atoms with Crippen molar-refractivity contribution in [3.8, 4) is 0 Å². The van der Waals surface area contributed by atoms with Crippen molar-refractivity contribution in [2.24, 2.45) is 0 Å². The fourth-order valence-electron chi connectivity index (χ4n) is 1.52. The van der Waals surface area contributed by atoms with E-state index in [4.69, 9.17) is 0 Å². The van der Waals surface area contributed by atoms with Gasteiger partial charge in [-0.3, -0.25) is 4.98 Å². The first-order valence-corrected chi connectivity index (χ1v) is 6.51. The Morgan fingerprint density at radius 3 is 2.40 bits per heavy atom. The van der Waals surface area contributed by atoms with Gasteiger partial charge in [0.1, 0.15) is 0 Å². The Balaban J connectivity index is 2.08. The highest BCUT2D eigenvalue weighted by atomic mass is 28.2. The Morgan fingerprint density at radius 1 is 1.00 bits per heavy atom. The molecule has 0 saturated carbocycles. The molecule has 0 spiro atoms. The second-order valence-corrected chi connectivity index (χ2v) is 5.46. The number of hydrogen-bond donors (Lipinski definition) is 1. The summed E-state index contributed by atoms with van der Waals surface area (Å²) >= 11 is 0. The molecule has 2 rings (SSSR count). The van der Waals surface area contributed by atoms with Gasteiger partial charge in [-0.2, -0.15) is 0 Å². The largest absolute Gasteiger partial charge is 0.391 e. The zero-order chi connectivity index (χ0) is 10.5. The molecular weight excluding hydrogens is 202 g/mol. The first-order valence-electron chi connectivity index (χ1n) is 4.99. The standard InChI is InChI=1S/C12H13NOSi/c14-12(11-8-4-5-9-13-11)15-10-6-2-1-3-7-10/h1-9,12,14H,15H2. The Bertz CT molecular complexity index is 404. The fourth-order valence-corrected chi connectivity index (χ4v) is 2.96. The van der Waals surface area contributed by atoms with E-state index in [1.54, 1.807) is 6.20 Å². The zero-order valence-corrected chi connectivity index (χ0v) is 9.79. The van der Waals surface area contributed by atoms with Crippen LogP contribution in [0.5, 0.6) is 0 Å². The number of aliphatic hydroxyl groups excluding tert-OH is 1. The minimum atomic E-state index is -0.692. The normalized spacial score (nSPS) is 13.1. The van der Waals surface area contributed by atoms with Gasteiger partial charge in [0, 0.05) is 6.20 Å². The van der Waals surface area contributed by atoms with E-state index in [2.05, 4.69) is 17.1 Å². The molecule has 0 bridgehead atoms. The molecular formula is C12H13NOSi. The van der Waals surface area contributed by atoms with E-state index in [0.717, 1.165) is 5.69 Å². The smallest absolute Gasteiger partial charge is 0.0960 e. The lowest BCUT2D eigenvalue weighted by Crippen LogP contribution is -2.22. The summed E-state index contributed by atoms with van der Waals surface area (Å²) in [6, 6.07) is 15.8. The minimum absolute atomic E-state index is 0.381. The molecule has 0 saturated heterocycles. The van der Waals surface area contributed by atoms with Crippen molar-refractivity contribution < 1.29 is 5.11 Å². The fraction of sp³-hybridized carbons (Fsp3) is 0.0833. The highest BCUT2D eigenvalue weighted by Gasteiger charge is 2.09. The lowest BCUT2D eigenvalue weighted by Gasteiger charge is -2.08. The van der Waals surface area contributed by atoms with Crippen LogP contribution in [-0.2, 0) is 0 Å². The molecule has 3 heteroatoms. The maximum Gasteiger partial charge on any atom is 0.0960 e. The summed E-state index contributed by atoms with van der Waals surface area (Å²) < 4.78 is 0. The van der Waals surface area contributed by atoms with Gasteiger partial charge in [0.15, 0.2) is 0 Å². The monoisotopic (exact) mass is 215 g/mol. The summed E-state index contributed by atoms with van der Waals surface area (Å²) in [5.74, 6) is 0. The Kier molecular flexibility index (Phi) is 3.27. The predicted octanol–water partition coefficient (Wildman–Crippen LogP) is 0.567. The SMILES string of the molecule is OC([SiH2]c1ccccc1)c1ccccn1. The molecule has 1 aromatic heterocycles. The maximum atomic E-state index is 9.97. The van der Waals surface area contributed by atoms with E-state index in [0.29, 0.717) is 0 Å². The summed E-state index contributed by atoms with van der Waals surface area (Å²) in [6.45, 7) is 0. The van der Waals surface area contributed by atoms with Crippen LogP contribution in [0.1, 0.15) is 11.4 Å². The minimum Gasteiger partial charge on any atom is -0.391 e. The lowest BCUT2D eigenvalue weighted by atomic mass is 10.4. The van der Waals surface area contributed by atoms with Gasteiger partial charge in [-0.25, -0.2) is 0 Å². The van der Waals surface area contributed by atoms with E-state index in [9.17, 15) is 5.11 Å². The highest BCUT2D eigenvalue weighted by molar-refractivity contribution is 6.54. The molecule has 76 valence electrons. The van der Waals surface area contributed by atoms with Gasteiger partial charge in [0.05, 0.1) is 20.9 Å². The molecule has 0 radical (unpaired) electrons. The Labute approximate surface area is 91.4 Å². The van der Waals surface area contributed by atoms with E-state index < -0.39 is 9.52 Å². The third-order valence-corrected chi connectivity index (χ3v) is 4.05. The van der Waals surface area contributed by atoms with Gasteiger partial charge in [0.2, 0.25) is 0 Å². The number of aromatic nitrogens is 1. The molecule has 1 heterocycles. The van der Waals surface area contributed by atoms with Crippen molar-refractivity contribution >= 4 is 14.7 Å². The Morgan fingerprint density at radius 2 is 1.73 bits per heavy atom. The zero-order valence-electron chi connectivity index (χ0n) is 8.38. The van der Waals surface area contributed by atoms with E-state index in [1.807, 2.05) is 36.4 Å². The van der Waals surface area contributed by atoms with Crippen molar-refractivity contribution in [3.05, 3.63) is 60.4 Å². The number of pyridine rings is 1. The van der Waals surface area contributed by atoms with Gasteiger partial charge < -0.3 is 5.11 Å². The molecule has 0 aliphatic rings. The maximum absolute atomic E-state index is 9.97. The quantitative estimate of drug-likeness (QED) is 0.759. The summed E-state index contributed by atoms with van der Waals surface area (Å²) in [6.07, 6.45) is 1.72.